The Kier molecular flexibility index (Phi) is 3.28. The maximum absolute atomic E-state index is 5.59. The van der Waals surface area contributed by atoms with Crippen LogP contribution in [0.25, 0.3) is 0 Å². The molecule has 2 aromatic rings. The van der Waals surface area contributed by atoms with Crippen LogP contribution in [-0.4, -0.2) is 5.16 Å². The van der Waals surface area contributed by atoms with Gasteiger partial charge in [-0.05, 0) is 23.1 Å². The number of rotatable bonds is 3. The largest absolute Gasteiger partial charge is 0.487 e. The SMILES string of the molecule is CC(C)(C)c1ccc(OCc2cc(N)on2)cc1. The fraction of sp³-hybridized carbons (Fsp3) is 0.357. The van der Waals surface area contributed by atoms with Crippen LogP contribution in [0.3, 0.4) is 0 Å². The van der Waals surface area contributed by atoms with Crippen molar-refractivity contribution < 1.29 is 9.26 Å². The van der Waals surface area contributed by atoms with Crippen LogP contribution in [0.4, 0.5) is 5.88 Å². The normalized spacial score (nSPS) is 11.5. The summed E-state index contributed by atoms with van der Waals surface area (Å²) < 4.78 is 10.4. The fourth-order valence-corrected chi connectivity index (χ4v) is 1.60. The molecule has 1 aromatic carbocycles. The van der Waals surface area contributed by atoms with Crippen molar-refractivity contribution in [1.82, 2.24) is 5.16 Å². The molecule has 18 heavy (non-hydrogen) atoms. The molecule has 0 radical (unpaired) electrons. The smallest absolute Gasteiger partial charge is 0.222 e. The van der Waals surface area contributed by atoms with Gasteiger partial charge in [0.15, 0.2) is 0 Å². The lowest BCUT2D eigenvalue weighted by molar-refractivity contribution is 0.290. The Bertz CT molecular complexity index is 509. The monoisotopic (exact) mass is 246 g/mol. The number of hydrogen-bond donors (Lipinski definition) is 1. The van der Waals surface area contributed by atoms with Gasteiger partial charge in [-0.1, -0.05) is 38.1 Å². The van der Waals surface area contributed by atoms with Crippen molar-refractivity contribution in [2.75, 3.05) is 5.73 Å². The van der Waals surface area contributed by atoms with Crippen molar-refractivity contribution in [3.63, 3.8) is 0 Å². The molecule has 0 saturated heterocycles. The molecule has 0 aliphatic heterocycles. The molecule has 4 nitrogen and oxygen atoms in total. The highest BCUT2D eigenvalue weighted by Crippen LogP contribution is 2.24. The van der Waals surface area contributed by atoms with E-state index in [1.54, 1.807) is 6.07 Å². The van der Waals surface area contributed by atoms with Gasteiger partial charge < -0.3 is 15.0 Å². The average molecular weight is 246 g/mol. The summed E-state index contributed by atoms with van der Waals surface area (Å²) in [5.74, 6) is 1.11. The zero-order valence-electron chi connectivity index (χ0n) is 10.9. The zero-order valence-corrected chi connectivity index (χ0v) is 10.9. The second-order valence-electron chi connectivity index (χ2n) is 5.28. The van der Waals surface area contributed by atoms with Crippen molar-refractivity contribution in [2.45, 2.75) is 32.8 Å². The van der Waals surface area contributed by atoms with E-state index in [0.717, 1.165) is 5.75 Å². The first-order chi connectivity index (χ1) is 8.45. The summed E-state index contributed by atoms with van der Waals surface area (Å²) in [4.78, 5) is 0. The standard InChI is InChI=1S/C14H18N2O2/c1-14(2,3)10-4-6-12(7-5-10)17-9-11-8-13(15)18-16-11/h4-8H,9,15H2,1-3H3. The molecule has 1 heterocycles. The Morgan fingerprint density at radius 1 is 1.22 bits per heavy atom. The van der Waals surface area contributed by atoms with Crippen LogP contribution in [-0.2, 0) is 12.0 Å². The molecule has 0 fully saturated rings. The molecule has 0 spiro atoms. The van der Waals surface area contributed by atoms with E-state index >= 15 is 0 Å². The number of benzene rings is 1. The van der Waals surface area contributed by atoms with Gasteiger partial charge in [0, 0.05) is 6.07 Å². The van der Waals surface area contributed by atoms with E-state index in [1.807, 2.05) is 12.1 Å². The van der Waals surface area contributed by atoms with Gasteiger partial charge in [-0.15, -0.1) is 0 Å². The van der Waals surface area contributed by atoms with E-state index in [4.69, 9.17) is 15.0 Å². The Hall–Kier alpha value is -1.97. The predicted octanol–water partition coefficient (Wildman–Crippen LogP) is 3.13. The van der Waals surface area contributed by atoms with E-state index < -0.39 is 0 Å². The van der Waals surface area contributed by atoms with Crippen LogP contribution in [0.15, 0.2) is 34.9 Å². The summed E-state index contributed by atoms with van der Waals surface area (Å²) in [5.41, 5.74) is 7.55. The Morgan fingerprint density at radius 2 is 1.89 bits per heavy atom. The van der Waals surface area contributed by atoms with E-state index in [1.165, 1.54) is 5.56 Å². The number of anilines is 1. The molecule has 1 aromatic heterocycles. The summed E-state index contributed by atoms with van der Waals surface area (Å²) in [6, 6.07) is 9.73. The van der Waals surface area contributed by atoms with Crippen molar-refractivity contribution in [3.05, 3.63) is 41.6 Å². The summed E-state index contributed by atoms with van der Waals surface area (Å²) in [5, 5.41) is 3.76. The third kappa shape index (κ3) is 3.03. The fourth-order valence-electron chi connectivity index (χ4n) is 1.60. The molecule has 96 valence electrons. The van der Waals surface area contributed by atoms with Crippen LogP contribution < -0.4 is 10.5 Å². The van der Waals surface area contributed by atoms with Gasteiger partial charge in [-0.25, -0.2) is 0 Å². The van der Waals surface area contributed by atoms with Gasteiger partial charge in [0.1, 0.15) is 18.1 Å². The molecule has 0 amide bonds. The average Bonchev–Trinajstić information content (AvgIpc) is 2.72. The first-order valence-corrected chi connectivity index (χ1v) is 5.89. The Balaban J connectivity index is 1.98. The molecular formula is C14H18N2O2. The topological polar surface area (TPSA) is 61.3 Å². The molecule has 2 rings (SSSR count). The van der Waals surface area contributed by atoms with Crippen molar-refractivity contribution in [1.29, 1.82) is 0 Å². The molecular weight excluding hydrogens is 228 g/mol. The Morgan fingerprint density at radius 3 is 2.39 bits per heavy atom. The van der Waals surface area contributed by atoms with Crippen LogP contribution >= 0.6 is 0 Å². The summed E-state index contributed by atoms with van der Waals surface area (Å²) >= 11 is 0. The van der Waals surface area contributed by atoms with E-state index in [-0.39, 0.29) is 5.41 Å². The summed E-state index contributed by atoms with van der Waals surface area (Å²) in [7, 11) is 0. The molecule has 4 heteroatoms. The lowest BCUT2D eigenvalue weighted by Crippen LogP contribution is -2.10. The van der Waals surface area contributed by atoms with Gasteiger partial charge >= 0.3 is 0 Å². The van der Waals surface area contributed by atoms with Gasteiger partial charge in [0.2, 0.25) is 5.88 Å². The van der Waals surface area contributed by atoms with Crippen molar-refractivity contribution >= 4 is 5.88 Å². The molecule has 0 atom stereocenters. The van der Waals surface area contributed by atoms with Crippen molar-refractivity contribution in [2.24, 2.45) is 0 Å². The maximum atomic E-state index is 5.59. The van der Waals surface area contributed by atoms with Gasteiger partial charge in [-0.2, -0.15) is 0 Å². The highest BCUT2D eigenvalue weighted by molar-refractivity contribution is 5.31. The minimum Gasteiger partial charge on any atom is -0.487 e. The molecule has 0 unspecified atom stereocenters. The molecule has 0 aliphatic carbocycles. The summed E-state index contributed by atoms with van der Waals surface area (Å²) in [6.07, 6.45) is 0. The lowest BCUT2D eigenvalue weighted by Gasteiger charge is -2.19. The third-order valence-corrected chi connectivity index (χ3v) is 2.68. The van der Waals surface area contributed by atoms with Crippen LogP contribution in [0.2, 0.25) is 0 Å². The Labute approximate surface area is 107 Å². The minimum absolute atomic E-state index is 0.152. The highest BCUT2D eigenvalue weighted by atomic mass is 16.5. The number of hydrogen-bond acceptors (Lipinski definition) is 4. The van der Waals surface area contributed by atoms with Crippen LogP contribution in [0, 0.1) is 0 Å². The first-order valence-electron chi connectivity index (χ1n) is 5.89. The number of aromatic nitrogens is 1. The zero-order chi connectivity index (χ0) is 13.2. The van der Waals surface area contributed by atoms with E-state index in [9.17, 15) is 0 Å². The van der Waals surface area contributed by atoms with Crippen LogP contribution in [0.1, 0.15) is 32.0 Å². The maximum Gasteiger partial charge on any atom is 0.222 e. The number of nitrogen functional groups attached to an aromatic ring is 1. The number of nitrogens with zero attached hydrogens (tertiary/aromatic N) is 1. The second-order valence-corrected chi connectivity index (χ2v) is 5.28. The van der Waals surface area contributed by atoms with Crippen molar-refractivity contribution in [3.8, 4) is 5.75 Å². The minimum atomic E-state index is 0.152. The first kappa shape index (κ1) is 12.5. The van der Waals surface area contributed by atoms with E-state index in [0.29, 0.717) is 18.2 Å². The highest BCUT2D eigenvalue weighted by Gasteiger charge is 2.13. The van der Waals surface area contributed by atoms with Gasteiger partial charge in [0.05, 0.1) is 0 Å². The van der Waals surface area contributed by atoms with Gasteiger partial charge in [-0.3, -0.25) is 0 Å². The molecule has 0 bridgehead atoms. The number of ether oxygens (including phenoxy) is 1. The predicted molar refractivity (Wildman–Crippen MR) is 70.4 cm³/mol. The third-order valence-electron chi connectivity index (χ3n) is 2.68. The second kappa shape index (κ2) is 4.72. The van der Waals surface area contributed by atoms with Crippen LogP contribution in [0.5, 0.6) is 5.75 Å². The molecule has 0 saturated carbocycles. The molecule has 2 N–H and O–H groups in total. The molecule has 0 aliphatic rings. The number of nitrogens with two attached hydrogens (primary N) is 1. The lowest BCUT2D eigenvalue weighted by atomic mass is 9.87. The van der Waals surface area contributed by atoms with E-state index in [2.05, 4.69) is 38.1 Å². The summed E-state index contributed by atoms with van der Waals surface area (Å²) in [6.45, 7) is 6.90. The van der Waals surface area contributed by atoms with Gasteiger partial charge in [0.25, 0.3) is 0 Å². The quantitative estimate of drug-likeness (QED) is 0.903.